The SMILES string of the molecule is O=[N+]([O-])c1cc(Br)ccc1COc1ccc(F)nc1. The minimum Gasteiger partial charge on any atom is -0.487 e. The molecular weight excluding hydrogens is 319 g/mol. The maximum absolute atomic E-state index is 12.6. The summed E-state index contributed by atoms with van der Waals surface area (Å²) in [5, 5.41) is 10.9. The lowest BCUT2D eigenvalue weighted by Gasteiger charge is -2.06. The highest BCUT2D eigenvalue weighted by atomic mass is 79.9. The third-order valence-corrected chi connectivity index (χ3v) is 2.83. The Morgan fingerprint density at radius 2 is 2.16 bits per heavy atom. The van der Waals surface area contributed by atoms with Crippen molar-refractivity contribution in [2.24, 2.45) is 0 Å². The van der Waals surface area contributed by atoms with Crippen molar-refractivity contribution in [3.05, 3.63) is 62.6 Å². The van der Waals surface area contributed by atoms with E-state index in [0.29, 0.717) is 15.8 Å². The molecule has 2 aromatic rings. The fourth-order valence-corrected chi connectivity index (χ4v) is 1.79. The van der Waals surface area contributed by atoms with Gasteiger partial charge >= 0.3 is 0 Å². The van der Waals surface area contributed by atoms with Gasteiger partial charge in [-0.1, -0.05) is 15.9 Å². The zero-order valence-electron chi connectivity index (χ0n) is 9.55. The van der Waals surface area contributed by atoms with Crippen molar-refractivity contribution in [1.82, 2.24) is 4.98 Å². The molecule has 0 amide bonds. The summed E-state index contributed by atoms with van der Waals surface area (Å²) in [5.74, 6) is -0.263. The van der Waals surface area contributed by atoms with Gasteiger partial charge in [0.1, 0.15) is 12.4 Å². The molecule has 0 saturated heterocycles. The molecule has 0 unspecified atom stereocenters. The lowest BCUT2D eigenvalue weighted by molar-refractivity contribution is -0.385. The van der Waals surface area contributed by atoms with E-state index in [0.717, 1.165) is 6.07 Å². The molecule has 2 rings (SSSR count). The van der Waals surface area contributed by atoms with Gasteiger partial charge in [0.2, 0.25) is 5.95 Å². The fourth-order valence-electron chi connectivity index (χ4n) is 1.44. The topological polar surface area (TPSA) is 65.3 Å². The third-order valence-electron chi connectivity index (χ3n) is 2.34. The first-order valence-corrected chi connectivity index (χ1v) is 6.03. The lowest BCUT2D eigenvalue weighted by Crippen LogP contribution is -2.01. The maximum atomic E-state index is 12.6. The molecule has 0 bridgehead atoms. The van der Waals surface area contributed by atoms with Gasteiger partial charge in [-0.2, -0.15) is 4.39 Å². The molecule has 19 heavy (non-hydrogen) atoms. The van der Waals surface area contributed by atoms with Gasteiger partial charge in [-0.15, -0.1) is 0 Å². The second kappa shape index (κ2) is 5.75. The number of hydrogen-bond acceptors (Lipinski definition) is 4. The molecule has 5 nitrogen and oxygen atoms in total. The van der Waals surface area contributed by atoms with E-state index in [1.807, 2.05) is 0 Å². The molecule has 0 radical (unpaired) electrons. The number of hydrogen-bond donors (Lipinski definition) is 0. The summed E-state index contributed by atoms with van der Waals surface area (Å²) in [4.78, 5) is 13.8. The van der Waals surface area contributed by atoms with Crippen LogP contribution in [-0.2, 0) is 6.61 Å². The largest absolute Gasteiger partial charge is 0.487 e. The zero-order chi connectivity index (χ0) is 13.8. The minimum atomic E-state index is -0.609. The highest BCUT2D eigenvalue weighted by Gasteiger charge is 2.14. The van der Waals surface area contributed by atoms with Crippen LogP contribution in [0.2, 0.25) is 0 Å². The Kier molecular flexibility index (Phi) is 4.06. The zero-order valence-corrected chi connectivity index (χ0v) is 11.1. The maximum Gasteiger partial charge on any atom is 0.277 e. The highest BCUT2D eigenvalue weighted by Crippen LogP contribution is 2.24. The Hall–Kier alpha value is -2.02. The third kappa shape index (κ3) is 3.47. The summed E-state index contributed by atoms with van der Waals surface area (Å²) in [6.07, 6.45) is 1.22. The first kappa shape index (κ1) is 13.4. The van der Waals surface area contributed by atoms with Crippen LogP contribution in [0.15, 0.2) is 41.0 Å². The smallest absolute Gasteiger partial charge is 0.277 e. The van der Waals surface area contributed by atoms with Gasteiger partial charge in [0.25, 0.3) is 5.69 Å². The van der Waals surface area contributed by atoms with Crippen molar-refractivity contribution in [1.29, 1.82) is 0 Å². The summed E-state index contributed by atoms with van der Waals surface area (Å²) < 4.78 is 18.5. The number of nitro benzene ring substituents is 1. The van der Waals surface area contributed by atoms with Crippen LogP contribution in [0.25, 0.3) is 0 Å². The molecule has 0 aliphatic rings. The number of nitro groups is 1. The van der Waals surface area contributed by atoms with Crippen LogP contribution in [0.1, 0.15) is 5.56 Å². The van der Waals surface area contributed by atoms with Gasteiger partial charge in [-0.25, -0.2) is 4.98 Å². The Morgan fingerprint density at radius 3 is 2.79 bits per heavy atom. The predicted molar refractivity (Wildman–Crippen MR) is 69.3 cm³/mol. The summed E-state index contributed by atoms with van der Waals surface area (Å²) in [7, 11) is 0. The molecule has 0 saturated carbocycles. The van der Waals surface area contributed by atoms with Gasteiger partial charge in [0.15, 0.2) is 0 Å². The number of halogens is 2. The molecule has 1 heterocycles. The molecule has 0 atom stereocenters. The molecule has 0 N–H and O–H groups in total. The first-order chi connectivity index (χ1) is 9.06. The Bertz CT molecular complexity index is 604. The van der Waals surface area contributed by atoms with Crippen molar-refractivity contribution in [3.63, 3.8) is 0 Å². The molecule has 0 aliphatic heterocycles. The average Bonchev–Trinajstić information content (AvgIpc) is 2.39. The van der Waals surface area contributed by atoms with E-state index >= 15 is 0 Å². The first-order valence-electron chi connectivity index (χ1n) is 5.23. The Morgan fingerprint density at radius 1 is 1.37 bits per heavy atom. The number of nitrogens with zero attached hydrogens (tertiary/aromatic N) is 2. The van der Waals surface area contributed by atoms with Crippen molar-refractivity contribution < 1.29 is 14.1 Å². The van der Waals surface area contributed by atoms with Crippen LogP contribution in [0.3, 0.4) is 0 Å². The summed E-state index contributed by atoms with van der Waals surface area (Å²) in [5.41, 5.74) is 0.391. The van der Waals surface area contributed by atoms with Crippen LogP contribution < -0.4 is 4.74 Å². The average molecular weight is 327 g/mol. The van der Waals surface area contributed by atoms with E-state index in [9.17, 15) is 14.5 Å². The number of aromatic nitrogens is 1. The lowest BCUT2D eigenvalue weighted by atomic mass is 10.2. The number of ether oxygens (including phenoxy) is 1. The van der Waals surface area contributed by atoms with E-state index in [2.05, 4.69) is 20.9 Å². The van der Waals surface area contributed by atoms with Crippen LogP contribution in [0, 0.1) is 16.1 Å². The molecule has 7 heteroatoms. The molecule has 0 spiro atoms. The number of benzene rings is 1. The van der Waals surface area contributed by atoms with Crippen molar-refractivity contribution in [2.45, 2.75) is 6.61 Å². The predicted octanol–water partition coefficient (Wildman–Crippen LogP) is 3.47. The van der Waals surface area contributed by atoms with Crippen molar-refractivity contribution in [2.75, 3.05) is 0 Å². The molecule has 98 valence electrons. The van der Waals surface area contributed by atoms with E-state index in [1.165, 1.54) is 18.3 Å². The Balaban J connectivity index is 2.15. The number of pyridine rings is 1. The second-order valence-corrected chi connectivity index (χ2v) is 4.55. The quantitative estimate of drug-likeness (QED) is 0.490. The van der Waals surface area contributed by atoms with Crippen LogP contribution in [-0.4, -0.2) is 9.91 Å². The van der Waals surface area contributed by atoms with E-state index < -0.39 is 10.9 Å². The van der Waals surface area contributed by atoms with Crippen LogP contribution in [0.5, 0.6) is 5.75 Å². The summed E-state index contributed by atoms with van der Waals surface area (Å²) in [6, 6.07) is 7.26. The highest BCUT2D eigenvalue weighted by molar-refractivity contribution is 9.10. The van der Waals surface area contributed by atoms with Gasteiger partial charge in [-0.05, 0) is 24.3 Å². The van der Waals surface area contributed by atoms with E-state index in [4.69, 9.17) is 4.74 Å². The molecule has 1 aromatic heterocycles. The molecule has 1 aromatic carbocycles. The summed E-state index contributed by atoms with van der Waals surface area (Å²) in [6.45, 7) is 0.0108. The number of rotatable bonds is 4. The molecular formula is C12H8BrFN2O3. The Labute approximate surface area is 116 Å². The van der Waals surface area contributed by atoms with Crippen LogP contribution >= 0.6 is 15.9 Å². The van der Waals surface area contributed by atoms with Gasteiger partial charge in [-0.3, -0.25) is 10.1 Å². The second-order valence-electron chi connectivity index (χ2n) is 3.64. The molecule has 0 aliphatic carbocycles. The monoisotopic (exact) mass is 326 g/mol. The normalized spacial score (nSPS) is 10.2. The van der Waals surface area contributed by atoms with E-state index in [-0.39, 0.29) is 12.3 Å². The fraction of sp³-hybridized carbons (Fsp3) is 0.0833. The van der Waals surface area contributed by atoms with Gasteiger partial charge in [0, 0.05) is 10.5 Å². The standard InChI is InChI=1S/C12H8BrFN2O3/c13-9-2-1-8(11(5-9)16(17)18)7-19-10-3-4-12(14)15-6-10/h1-6H,7H2. The van der Waals surface area contributed by atoms with Crippen molar-refractivity contribution in [3.8, 4) is 5.75 Å². The minimum absolute atomic E-state index is 0.0108. The van der Waals surface area contributed by atoms with Crippen molar-refractivity contribution >= 4 is 21.6 Å². The summed E-state index contributed by atoms with van der Waals surface area (Å²) >= 11 is 3.17. The van der Waals surface area contributed by atoms with E-state index in [1.54, 1.807) is 12.1 Å². The van der Waals surface area contributed by atoms with Gasteiger partial charge in [0.05, 0.1) is 16.7 Å². The van der Waals surface area contributed by atoms with Crippen LogP contribution in [0.4, 0.5) is 10.1 Å². The molecule has 0 fully saturated rings. The van der Waals surface area contributed by atoms with Gasteiger partial charge < -0.3 is 4.74 Å².